The lowest BCUT2D eigenvalue weighted by atomic mass is 10.0. The zero-order chi connectivity index (χ0) is 10.6. The number of carbonyl (C=O) groups is 1. The first kappa shape index (κ1) is 10.5. The van der Waals surface area contributed by atoms with E-state index < -0.39 is 0 Å². The second-order valence-corrected chi connectivity index (χ2v) is 3.27. The Morgan fingerprint density at radius 2 is 2.36 bits per heavy atom. The average molecular weight is 207 g/mol. The Kier molecular flexibility index (Phi) is 3.47. The van der Waals surface area contributed by atoms with Crippen LogP contribution in [0.2, 0.25) is 0 Å². The number of carbonyl (C=O) groups excluding carboxylic acids is 1. The van der Waals surface area contributed by atoms with Crippen molar-refractivity contribution in [1.82, 2.24) is 0 Å². The predicted molar refractivity (Wildman–Crippen MR) is 60.1 cm³/mol. The second kappa shape index (κ2) is 4.62. The van der Waals surface area contributed by atoms with Gasteiger partial charge in [0.25, 0.3) is 0 Å². The summed E-state index contributed by atoms with van der Waals surface area (Å²) in [6.07, 6.45) is 2.30. The van der Waals surface area contributed by atoms with Gasteiger partial charge in [0.1, 0.15) is 0 Å². The maximum atomic E-state index is 11.4. The minimum Gasteiger partial charge on any atom is -0.525 e. The predicted octanol–water partition coefficient (Wildman–Crippen LogP) is 0.434. The molecule has 0 aliphatic heterocycles. The Hall–Kier alpha value is -1.55. The standard InChI is InChI=1S/C10H13NO2Si/c1-2-4-7-8(10(12)13-14)5-3-6-9(7)11/h2-3,5-6H,1,4,11H2,14H3. The van der Waals surface area contributed by atoms with Gasteiger partial charge in [0.15, 0.2) is 0 Å². The largest absolute Gasteiger partial charge is 0.525 e. The SMILES string of the molecule is C=CCc1c(N)cccc1C(=O)O[SiH3]. The van der Waals surface area contributed by atoms with Gasteiger partial charge in [-0.2, -0.15) is 0 Å². The van der Waals surface area contributed by atoms with E-state index >= 15 is 0 Å². The first-order valence-corrected chi connectivity index (χ1v) is 5.09. The summed E-state index contributed by atoms with van der Waals surface area (Å²) in [6.45, 7) is 3.62. The summed E-state index contributed by atoms with van der Waals surface area (Å²) in [5, 5.41) is 0. The maximum Gasteiger partial charge on any atom is 0.324 e. The number of anilines is 1. The fraction of sp³-hybridized carbons (Fsp3) is 0.100. The molecule has 0 spiro atoms. The fourth-order valence-electron chi connectivity index (χ4n) is 1.28. The van der Waals surface area contributed by atoms with E-state index in [2.05, 4.69) is 6.58 Å². The zero-order valence-corrected chi connectivity index (χ0v) is 10.1. The number of allylic oxidation sites excluding steroid dienone is 1. The molecule has 1 aromatic rings. The number of hydrogen-bond acceptors (Lipinski definition) is 3. The van der Waals surface area contributed by atoms with Crippen molar-refractivity contribution in [3.63, 3.8) is 0 Å². The van der Waals surface area contributed by atoms with Crippen molar-refractivity contribution >= 4 is 22.1 Å². The molecule has 0 aromatic heterocycles. The first-order valence-electron chi connectivity index (χ1n) is 4.27. The number of benzene rings is 1. The highest BCUT2D eigenvalue weighted by atomic mass is 28.2. The van der Waals surface area contributed by atoms with Gasteiger partial charge in [-0.3, -0.25) is 0 Å². The van der Waals surface area contributed by atoms with Gasteiger partial charge in [0, 0.05) is 5.69 Å². The minimum atomic E-state index is -0.305. The van der Waals surface area contributed by atoms with E-state index in [1.165, 1.54) is 0 Å². The van der Waals surface area contributed by atoms with Crippen molar-refractivity contribution in [3.05, 3.63) is 42.0 Å². The van der Waals surface area contributed by atoms with Crippen LogP contribution >= 0.6 is 0 Å². The van der Waals surface area contributed by atoms with Crippen LogP contribution in [0.1, 0.15) is 15.9 Å². The van der Waals surface area contributed by atoms with Gasteiger partial charge in [0.2, 0.25) is 10.5 Å². The van der Waals surface area contributed by atoms with Crippen LogP contribution < -0.4 is 5.73 Å². The van der Waals surface area contributed by atoms with Gasteiger partial charge >= 0.3 is 5.97 Å². The highest BCUT2D eigenvalue weighted by Gasteiger charge is 2.11. The second-order valence-electron chi connectivity index (χ2n) is 2.86. The van der Waals surface area contributed by atoms with Gasteiger partial charge in [-0.1, -0.05) is 12.1 Å². The number of nitrogens with two attached hydrogens (primary N) is 1. The number of rotatable bonds is 3. The summed E-state index contributed by atoms with van der Waals surface area (Å²) in [4.78, 5) is 11.4. The normalized spacial score (nSPS) is 9.71. The van der Waals surface area contributed by atoms with Crippen molar-refractivity contribution in [1.29, 1.82) is 0 Å². The third kappa shape index (κ3) is 2.03. The summed E-state index contributed by atoms with van der Waals surface area (Å²) in [5.74, 6) is -0.305. The van der Waals surface area contributed by atoms with Crippen molar-refractivity contribution in [2.45, 2.75) is 6.42 Å². The molecule has 74 valence electrons. The zero-order valence-electron chi connectivity index (χ0n) is 8.12. The lowest BCUT2D eigenvalue weighted by Gasteiger charge is -2.08. The molecule has 0 fully saturated rings. The summed E-state index contributed by atoms with van der Waals surface area (Å²) in [5.41, 5.74) is 7.70. The Balaban J connectivity index is 3.20. The summed E-state index contributed by atoms with van der Waals surface area (Å²) in [7, 11) is 0.391. The van der Waals surface area contributed by atoms with Crippen molar-refractivity contribution in [3.8, 4) is 0 Å². The van der Waals surface area contributed by atoms with Crippen molar-refractivity contribution in [2.24, 2.45) is 0 Å². The molecule has 0 atom stereocenters. The van der Waals surface area contributed by atoms with E-state index in [4.69, 9.17) is 10.2 Å². The third-order valence-electron chi connectivity index (χ3n) is 1.97. The fourth-order valence-corrected chi connectivity index (χ4v) is 1.50. The van der Waals surface area contributed by atoms with Gasteiger partial charge in [-0.05, 0) is 24.1 Å². The van der Waals surface area contributed by atoms with E-state index in [-0.39, 0.29) is 5.97 Å². The molecule has 0 heterocycles. The Labute approximate surface area is 86.1 Å². The van der Waals surface area contributed by atoms with Crippen LogP contribution in [0.3, 0.4) is 0 Å². The molecule has 4 heteroatoms. The maximum absolute atomic E-state index is 11.4. The van der Waals surface area contributed by atoms with Gasteiger partial charge < -0.3 is 10.2 Å². The van der Waals surface area contributed by atoms with Crippen LogP contribution in [0.4, 0.5) is 5.69 Å². The number of nitrogen functional groups attached to an aromatic ring is 1. The van der Waals surface area contributed by atoms with Crippen molar-refractivity contribution < 1.29 is 9.22 Å². The topological polar surface area (TPSA) is 52.3 Å². The monoisotopic (exact) mass is 207 g/mol. The third-order valence-corrected chi connectivity index (χ3v) is 2.34. The molecule has 14 heavy (non-hydrogen) atoms. The van der Waals surface area contributed by atoms with Crippen molar-refractivity contribution in [2.75, 3.05) is 5.73 Å². The molecule has 0 aliphatic rings. The van der Waals surface area contributed by atoms with Gasteiger partial charge in [-0.25, -0.2) is 4.79 Å². The smallest absolute Gasteiger partial charge is 0.324 e. The van der Waals surface area contributed by atoms with Crippen LogP contribution in [0, 0.1) is 0 Å². The Bertz CT molecular complexity index is 363. The Morgan fingerprint density at radius 1 is 1.64 bits per heavy atom. The summed E-state index contributed by atoms with van der Waals surface area (Å²) < 4.78 is 4.79. The highest BCUT2D eigenvalue weighted by Crippen LogP contribution is 2.18. The van der Waals surface area contributed by atoms with E-state index in [0.717, 1.165) is 5.56 Å². The number of hydrogen-bond donors (Lipinski definition) is 1. The molecule has 3 nitrogen and oxygen atoms in total. The van der Waals surface area contributed by atoms with E-state index in [1.807, 2.05) is 0 Å². The molecule has 1 rings (SSSR count). The molecule has 2 N–H and O–H groups in total. The lowest BCUT2D eigenvalue weighted by molar-refractivity contribution is 0.0748. The molecular formula is C10H13NO2Si. The summed E-state index contributed by atoms with van der Waals surface area (Å²) in [6, 6.07) is 5.23. The molecule has 0 bridgehead atoms. The molecule has 0 saturated heterocycles. The van der Waals surface area contributed by atoms with E-state index in [9.17, 15) is 4.79 Å². The van der Waals surface area contributed by atoms with Crippen LogP contribution in [0.15, 0.2) is 30.9 Å². The molecule has 1 aromatic carbocycles. The molecule has 0 unspecified atom stereocenters. The molecular weight excluding hydrogens is 194 g/mol. The quantitative estimate of drug-likeness (QED) is 0.444. The molecule has 0 amide bonds. The van der Waals surface area contributed by atoms with Crippen LogP contribution in [-0.2, 0) is 10.8 Å². The highest BCUT2D eigenvalue weighted by molar-refractivity contribution is 6.10. The molecule has 0 aliphatic carbocycles. The van der Waals surface area contributed by atoms with Gasteiger partial charge in [0.05, 0.1) is 5.56 Å². The lowest BCUT2D eigenvalue weighted by Crippen LogP contribution is -2.08. The first-order chi connectivity index (χ1) is 6.70. The van der Waals surface area contributed by atoms with E-state index in [0.29, 0.717) is 28.2 Å². The minimum absolute atomic E-state index is 0.305. The van der Waals surface area contributed by atoms with E-state index in [1.54, 1.807) is 24.3 Å². The van der Waals surface area contributed by atoms with Crippen LogP contribution in [0.25, 0.3) is 0 Å². The molecule has 0 saturated carbocycles. The Morgan fingerprint density at radius 3 is 2.93 bits per heavy atom. The van der Waals surface area contributed by atoms with Crippen LogP contribution in [-0.4, -0.2) is 16.5 Å². The van der Waals surface area contributed by atoms with Gasteiger partial charge in [-0.15, -0.1) is 6.58 Å². The average Bonchev–Trinajstić information content (AvgIpc) is 2.20. The summed E-state index contributed by atoms with van der Waals surface area (Å²) >= 11 is 0. The molecule has 0 radical (unpaired) electrons. The van der Waals surface area contributed by atoms with Crippen LogP contribution in [0.5, 0.6) is 0 Å².